The Morgan fingerprint density at radius 1 is 1.57 bits per heavy atom. The van der Waals surface area contributed by atoms with E-state index in [9.17, 15) is 0 Å². The number of halogens is 1. The van der Waals surface area contributed by atoms with Gasteiger partial charge in [0, 0.05) is 18.0 Å². The minimum absolute atomic E-state index is 0.127. The van der Waals surface area contributed by atoms with Crippen molar-refractivity contribution in [2.75, 3.05) is 6.54 Å². The van der Waals surface area contributed by atoms with Crippen molar-refractivity contribution in [3.05, 3.63) is 16.9 Å². The smallest absolute Gasteiger partial charge is 0.0824 e. The van der Waals surface area contributed by atoms with E-state index in [2.05, 4.69) is 32.8 Å². The molecule has 2 N–H and O–H groups in total. The predicted octanol–water partition coefficient (Wildman–Crippen LogP) is 2.35. The molecule has 0 aliphatic carbocycles. The number of nitrogens with two attached hydrogens (primary N) is 1. The zero-order valence-corrected chi connectivity index (χ0v) is 9.97. The molecule has 0 aromatic carbocycles. The van der Waals surface area contributed by atoms with Crippen molar-refractivity contribution < 1.29 is 0 Å². The van der Waals surface area contributed by atoms with E-state index in [1.54, 1.807) is 6.20 Å². The summed E-state index contributed by atoms with van der Waals surface area (Å²) in [5.41, 5.74) is 6.63. The first kappa shape index (κ1) is 11.5. The van der Waals surface area contributed by atoms with Gasteiger partial charge in [0.2, 0.25) is 0 Å². The lowest BCUT2D eigenvalue weighted by Gasteiger charge is -2.25. The molecule has 0 aliphatic heterocycles. The quantitative estimate of drug-likeness (QED) is 0.841. The van der Waals surface area contributed by atoms with E-state index in [0.717, 1.165) is 5.69 Å². The van der Waals surface area contributed by atoms with Crippen LogP contribution in [0.3, 0.4) is 0 Å². The Balaban J connectivity index is 3.24. The van der Waals surface area contributed by atoms with E-state index >= 15 is 0 Å². The van der Waals surface area contributed by atoms with Crippen LogP contribution < -0.4 is 5.73 Å². The molecule has 0 saturated heterocycles. The number of hydrogen-bond donors (Lipinski definition) is 1. The molecule has 0 fully saturated rings. The number of rotatable bonds is 3. The third-order valence-corrected chi connectivity index (χ3v) is 2.67. The summed E-state index contributed by atoms with van der Waals surface area (Å²) in [6.45, 7) is 8.88. The van der Waals surface area contributed by atoms with Gasteiger partial charge in [-0.15, -0.1) is 0 Å². The Morgan fingerprint density at radius 2 is 2.14 bits per heavy atom. The largest absolute Gasteiger partial charge is 0.330 e. The molecule has 3 nitrogen and oxygen atoms in total. The van der Waals surface area contributed by atoms with Crippen LogP contribution in [0.15, 0.2) is 6.20 Å². The minimum Gasteiger partial charge on any atom is -0.330 e. The van der Waals surface area contributed by atoms with Crippen LogP contribution in [0.4, 0.5) is 0 Å². The fourth-order valence-corrected chi connectivity index (χ4v) is 1.85. The van der Waals surface area contributed by atoms with Gasteiger partial charge in [0.15, 0.2) is 0 Å². The van der Waals surface area contributed by atoms with Crippen molar-refractivity contribution in [2.24, 2.45) is 5.73 Å². The van der Waals surface area contributed by atoms with Crippen molar-refractivity contribution in [1.82, 2.24) is 9.78 Å². The molecule has 0 unspecified atom stereocenters. The van der Waals surface area contributed by atoms with Gasteiger partial charge in [-0.25, -0.2) is 0 Å². The van der Waals surface area contributed by atoms with E-state index in [1.807, 2.05) is 4.68 Å². The first-order chi connectivity index (χ1) is 6.40. The van der Waals surface area contributed by atoms with Gasteiger partial charge in [0.25, 0.3) is 0 Å². The van der Waals surface area contributed by atoms with Gasteiger partial charge in [-0.2, -0.15) is 5.10 Å². The molecular formula is C10H18ClN3. The molecule has 1 heterocycles. The number of aromatic nitrogens is 2. The van der Waals surface area contributed by atoms with Crippen LogP contribution in [0.25, 0.3) is 0 Å². The maximum absolute atomic E-state index is 6.11. The highest BCUT2D eigenvalue weighted by molar-refractivity contribution is 6.31. The molecule has 0 atom stereocenters. The zero-order valence-electron chi connectivity index (χ0n) is 9.21. The number of hydrogen-bond acceptors (Lipinski definition) is 2. The van der Waals surface area contributed by atoms with Crippen LogP contribution >= 0.6 is 11.6 Å². The van der Waals surface area contributed by atoms with Crippen molar-refractivity contribution >= 4 is 11.6 Å². The Morgan fingerprint density at radius 3 is 2.57 bits per heavy atom. The maximum Gasteiger partial charge on any atom is 0.0824 e. The van der Waals surface area contributed by atoms with Crippen molar-refractivity contribution in [3.8, 4) is 0 Å². The van der Waals surface area contributed by atoms with Gasteiger partial charge in [-0.1, -0.05) is 25.4 Å². The first-order valence-electron chi connectivity index (χ1n) is 4.83. The van der Waals surface area contributed by atoms with Crippen molar-refractivity contribution in [3.63, 3.8) is 0 Å². The lowest BCUT2D eigenvalue weighted by atomic mass is 9.89. The molecule has 80 valence electrons. The van der Waals surface area contributed by atoms with Gasteiger partial charge in [-0.05, 0) is 13.8 Å². The molecule has 4 heteroatoms. The lowest BCUT2D eigenvalue weighted by molar-refractivity contribution is 0.429. The van der Waals surface area contributed by atoms with Crippen LogP contribution in [-0.4, -0.2) is 16.3 Å². The molecule has 0 amide bonds. The molecule has 0 radical (unpaired) electrons. The maximum atomic E-state index is 6.11. The molecule has 0 bridgehead atoms. The van der Waals surface area contributed by atoms with Crippen LogP contribution in [0.2, 0.25) is 5.02 Å². The van der Waals surface area contributed by atoms with Crippen molar-refractivity contribution in [1.29, 1.82) is 0 Å². The summed E-state index contributed by atoms with van der Waals surface area (Å²) < 4.78 is 1.94. The average Bonchev–Trinajstić information content (AvgIpc) is 2.47. The highest BCUT2D eigenvalue weighted by Crippen LogP contribution is 2.30. The summed E-state index contributed by atoms with van der Waals surface area (Å²) in [5, 5.41) is 4.96. The van der Waals surface area contributed by atoms with Gasteiger partial charge < -0.3 is 5.73 Å². The second kappa shape index (κ2) is 3.91. The summed E-state index contributed by atoms with van der Waals surface area (Å²) in [6.07, 6.45) is 1.69. The lowest BCUT2D eigenvalue weighted by Crippen LogP contribution is -2.31. The normalized spacial score (nSPS) is 12.5. The summed E-state index contributed by atoms with van der Waals surface area (Å²) in [5.74, 6) is 0. The summed E-state index contributed by atoms with van der Waals surface area (Å²) in [7, 11) is 0. The van der Waals surface area contributed by atoms with Crippen LogP contribution in [0.5, 0.6) is 0 Å². The molecule has 0 aliphatic rings. The Bertz CT molecular complexity index is 315. The van der Waals surface area contributed by atoms with Gasteiger partial charge in [0.05, 0.1) is 16.9 Å². The van der Waals surface area contributed by atoms with Gasteiger partial charge in [-0.3, -0.25) is 4.68 Å². The van der Waals surface area contributed by atoms with E-state index in [0.29, 0.717) is 17.6 Å². The summed E-state index contributed by atoms with van der Waals surface area (Å²) in [4.78, 5) is 0. The highest BCUT2D eigenvalue weighted by atomic mass is 35.5. The Kier molecular flexibility index (Phi) is 3.22. The predicted molar refractivity (Wildman–Crippen MR) is 59.7 cm³/mol. The summed E-state index contributed by atoms with van der Waals surface area (Å²) >= 11 is 6.11. The fraction of sp³-hybridized carbons (Fsp3) is 0.700. The van der Waals surface area contributed by atoms with E-state index in [4.69, 9.17) is 17.3 Å². The average molecular weight is 216 g/mol. The topological polar surface area (TPSA) is 43.8 Å². The molecule has 0 saturated carbocycles. The van der Waals surface area contributed by atoms with Crippen LogP contribution in [0.1, 0.15) is 39.4 Å². The second-order valence-electron chi connectivity index (χ2n) is 4.47. The minimum atomic E-state index is -0.127. The molecule has 0 spiro atoms. The van der Waals surface area contributed by atoms with Crippen molar-refractivity contribution in [2.45, 2.75) is 39.2 Å². The van der Waals surface area contributed by atoms with E-state index in [1.165, 1.54) is 0 Å². The van der Waals surface area contributed by atoms with Gasteiger partial charge >= 0.3 is 0 Å². The standard InChI is InChI=1S/C10H18ClN3/c1-7(2)14-9(8(11)5-13-14)10(3,4)6-12/h5,7H,6,12H2,1-4H3. The summed E-state index contributed by atoms with van der Waals surface area (Å²) in [6, 6.07) is 0.309. The van der Waals surface area contributed by atoms with E-state index < -0.39 is 0 Å². The first-order valence-corrected chi connectivity index (χ1v) is 5.21. The molecule has 1 aromatic heterocycles. The molecule has 1 aromatic rings. The SMILES string of the molecule is CC(C)n1ncc(Cl)c1C(C)(C)CN. The monoisotopic (exact) mass is 215 g/mol. The van der Waals surface area contributed by atoms with Crippen LogP contribution in [0, 0.1) is 0 Å². The Labute approximate surface area is 90.2 Å². The molecule has 1 rings (SSSR count). The van der Waals surface area contributed by atoms with Crippen LogP contribution in [-0.2, 0) is 5.41 Å². The number of nitrogens with zero attached hydrogens (tertiary/aromatic N) is 2. The van der Waals surface area contributed by atoms with E-state index in [-0.39, 0.29) is 5.41 Å². The second-order valence-corrected chi connectivity index (χ2v) is 4.87. The molecular weight excluding hydrogens is 198 g/mol. The fourth-order valence-electron chi connectivity index (χ4n) is 1.46. The Hall–Kier alpha value is -0.540. The van der Waals surface area contributed by atoms with Gasteiger partial charge in [0.1, 0.15) is 0 Å². The third kappa shape index (κ3) is 1.93. The zero-order chi connectivity index (χ0) is 10.9. The third-order valence-electron chi connectivity index (χ3n) is 2.39. The highest BCUT2D eigenvalue weighted by Gasteiger charge is 2.27. The molecule has 14 heavy (non-hydrogen) atoms.